The summed E-state index contributed by atoms with van der Waals surface area (Å²) in [4.78, 5) is 27.7. The summed E-state index contributed by atoms with van der Waals surface area (Å²) in [7, 11) is -3.55. The summed E-state index contributed by atoms with van der Waals surface area (Å²) in [6, 6.07) is 7.03. The van der Waals surface area contributed by atoms with E-state index in [2.05, 4.69) is 13.8 Å². The lowest BCUT2D eigenvalue weighted by Crippen LogP contribution is -2.50. The number of nitrogens with zero attached hydrogens (tertiary/aromatic N) is 3. The summed E-state index contributed by atoms with van der Waals surface area (Å²) < 4.78 is 27.2. The Kier molecular flexibility index (Phi) is 6.67. The van der Waals surface area contributed by atoms with E-state index in [-0.39, 0.29) is 17.6 Å². The lowest BCUT2D eigenvalue weighted by Gasteiger charge is -2.34. The molecule has 9 heteroatoms. The van der Waals surface area contributed by atoms with E-state index in [1.54, 1.807) is 21.9 Å². The first-order valence-corrected chi connectivity index (χ1v) is 12.0. The number of amides is 2. The van der Waals surface area contributed by atoms with Crippen LogP contribution in [-0.2, 0) is 14.8 Å². The molecule has 1 aromatic rings. The highest BCUT2D eigenvalue weighted by Gasteiger charge is 2.30. The number of hydrogen-bond donors (Lipinski definition) is 0. The number of benzene rings is 1. The number of carbonyl (C=O) groups excluding carboxylic acids is 2. The fourth-order valence-corrected chi connectivity index (χ4v) is 5.64. The summed E-state index contributed by atoms with van der Waals surface area (Å²) in [6.45, 7) is 6.60. The Morgan fingerprint density at radius 1 is 1.07 bits per heavy atom. The molecule has 2 aliphatic heterocycles. The van der Waals surface area contributed by atoms with E-state index >= 15 is 0 Å². The predicted molar refractivity (Wildman–Crippen MR) is 110 cm³/mol. The van der Waals surface area contributed by atoms with E-state index in [1.807, 2.05) is 12.1 Å². The van der Waals surface area contributed by atoms with E-state index in [4.69, 9.17) is 0 Å². The molecule has 28 heavy (non-hydrogen) atoms. The quantitative estimate of drug-likeness (QED) is 0.698. The van der Waals surface area contributed by atoms with Gasteiger partial charge in [0.1, 0.15) is 0 Å². The number of rotatable bonds is 6. The molecule has 1 aromatic carbocycles. The second kappa shape index (κ2) is 8.84. The summed E-state index contributed by atoms with van der Waals surface area (Å²) in [5.41, 5.74) is 1.10. The summed E-state index contributed by atoms with van der Waals surface area (Å²) in [6.07, 6.45) is 0.287. The van der Waals surface area contributed by atoms with Crippen molar-refractivity contribution in [3.8, 4) is 0 Å². The van der Waals surface area contributed by atoms with Gasteiger partial charge < -0.3 is 9.80 Å². The molecule has 0 atom stereocenters. The van der Waals surface area contributed by atoms with E-state index in [0.717, 1.165) is 11.3 Å². The predicted octanol–water partition coefficient (Wildman–Crippen LogP) is 2.20. The van der Waals surface area contributed by atoms with Crippen LogP contribution in [0.4, 0.5) is 4.79 Å². The van der Waals surface area contributed by atoms with E-state index < -0.39 is 10.0 Å². The number of sulfonamides is 1. The number of hydrogen-bond acceptors (Lipinski definition) is 5. The third-order valence-corrected chi connectivity index (χ3v) is 8.02. The summed E-state index contributed by atoms with van der Waals surface area (Å²) >= 11 is 1.28. The Labute approximate surface area is 171 Å². The molecule has 2 saturated heterocycles. The van der Waals surface area contributed by atoms with Crippen LogP contribution in [-0.4, -0.2) is 78.7 Å². The van der Waals surface area contributed by atoms with Gasteiger partial charge in [-0.15, -0.1) is 0 Å². The zero-order valence-corrected chi connectivity index (χ0v) is 18.0. The van der Waals surface area contributed by atoms with Gasteiger partial charge in [0.15, 0.2) is 0 Å². The van der Waals surface area contributed by atoms with Crippen molar-refractivity contribution >= 4 is 32.9 Å². The molecule has 7 nitrogen and oxygen atoms in total. The topological polar surface area (TPSA) is 78.0 Å². The standard InChI is InChI=1S/C19H27N3O4S2/c1-15(2)16-3-5-17(6-4-16)28(25,26)22-11-9-20(10-12-22)18(23)7-8-21-13-14-27-19(21)24/h3-6,15H,7-14H2,1-2H3. The van der Waals surface area contributed by atoms with Gasteiger partial charge in [-0.1, -0.05) is 37.7 Å². The Hall–Kier alpha value is -1.58. The van der Waals surface area contributed by atoms with Crippen LogP contribution in [0.2, 0.25) is 0 Å². The van der Waals surface area contributed by atoms with E-state index in [1.165, 1.54) is 16.1 Å². The minimum atomic E-state index is -3.55. The highest BCUT2D eigenvalue weighted by atomic mass is 32.2. The fraction of sp³-hybridized carbons (Fsp3) is 0.579. The van der Waals surface area contributed by atoms with Gasteiger partial charge in [0.05, 0.1) is 4.90 Å². The van der Waals surface area contributed by atoms with Crippen LogP contribution in [0.3, 0.4) is 0 Å². The van der Waals surface area contributed by atoms with Gasteiger partial charge in [0.2, 0.25) is 15.9 Å². The molecule has 0 unspecified atom stereocenters. The van der Waals surface area contributed by atoms with Crippen molar-refractivity contribution in [2.24, 2.45) is 0 Å². The molecule has 0 spiro atoms. The zero-order chi connectivity index (χ0) is 20.3. The molecule has 2 heterocycles. The second-order valence-corrected chi connectivity index (χ2v) is 10.3. The van der Waals surface area contributed by atoms with Gasteiger partial charge in [-0.05, 0) is 23.6 Å². The molecule has 2 fully saturated rings. The molecule has 3 rings (SSSR count). The van der Waals surface area contributed by atoms with Crippen molar-refractivity contribution in [2.45, 2.75) is 31.1 Å². The normalized spacial score (nSPS) is 18.9. The molecule has 0 aromatic heterocycles. The maximum Gasteiger partial charge on any atom is 0.281 e. The first kappa shape index (κ1) is 21.1. The van der Waals surface area contributed by atoms with Crippen molar-refractivity contribution in [3.63, 3.8) is 0 Å². The largest absolute Gasteiger partial charge is 0.340 e. The molecule has 0 aliphatic carbocycles. The van der Waals surface area contributed by atoms with Crippen LogP contribution in [0.5, 0.6) is 0 Å². The molecule has 2 aliphatic rings. The van der Waals surface area contributed by atoms with Crippen LogP contribution < -0.4 is 0 Å². The van der Waals surface area contributed by atoms with Gasteiger partial charge in [0, 0.05) is 51.4 Å². The molecule has 2 amide bonds. The number of carbonyl (C=O) groups is 2. The highest BCUT2D eigenvalue weighted by Crippen LogP contribution is 2.22. The maximum absolute atomic E-state index is 12.9. The van der Waals surface area contributed by atoms with E-state index in [0.29, 0.717) is 50.1 Å². The Bertz CT molecular complexity index is 816. The van der Waals surface area contributed by atoms with Crippen LogP contribution in [0.15, 0.2) is 29.2 Å². The zero-order valence-electron chi connectivity index (χ0n) is 16.3. The van der Waals surface area contributed by atoms with Crippen molar-refractivity contribution in [3.05, 3.63) is 29.8 Å². The average molecular weight is 426 g/mol. The van der Waals surface area contributed by atoms with Gasteiger partial charge in [-0.25, -0.2) is 8.42 Å². The molecule has 154 valence electrons. The minimum Gasteiger partial charge on any atom is -0.340 e. The van der Waals surface area contributed by atoms with E-state index in [9.17, 15) is 18.0 Å². The molecule has 0 radical (unpaired) electrons. The monoisotopic (exact) mass is 425 g/mol. The van der Waals surface area contributed by atoms with Crippen LogP contribution in [0.1, 0.15) is 31.7 Å². The third kappa shape index (κ3) is 4.69. The van der Waals surface area contributed by atoms with Crippen molar-refractivity contribution in [2.75, 3.05) is 45.0 Å². The SMILES string of the molecule is CC(C)c1ccc(S(=O)(=O)N2CCN(C(=O)CCN3CCSC3=O)CC2)cc1. The molecular weight excluding hydrogens is 398 g/mol. The van der Waals surface area contributed by atoms with Crippen LogP contribution in [0.25, 0.3) is 0 Å². The van der Waals surface area contributed by atoms with Gasteiger partial charge in [-0.3, -0.25) is 9.59 Å². The van der Waals surface area contributed by atoms with Gasteiger partial charge in [-0.2, -0.15) is 4.31 Å². The number of piperazine rings is 1. The highest BCUT2D eigenvalue weighted by molar-refractivity contribution is 8.13. The van der Waals surface area contributed by atoms with Crippen molar-refractivity contribution in [1.82, 2.24) is 14.1 Å². The Morgan fingerprint density at radius 2 is 1.71 bits per heavy atom. The lowest BCUT2D eigenvalue weighted by atomic mass is 10.0. The average Bonchev–Trinajstić information content (AvgIpc) is 3.11. The summed E-state index contributed by atoms with van der Waals surface area (Å²) in [5.74, 6) is 1.10. The fourth-order valence-electron chi connectivity index (χ4n) is 3.37. The second-order valence-electron chi connectivity index (χ2n) is 7.36. The third-order valence-electron chi connectivity index (χ3n) is 5.22. The molecule has 0 saturated carbocycles. The first-order chi connectivity index (χ1) is 13.3. The lowest BCUT2D eigenvalue weighted by molar-refractivity contribution is -0.132. The summed E-state index contributed by atoms with van der Waals surface area (Å²) in [5, 5.41) is 0.0344. The molecule has 0 N–H and O–H groups in total. The molecule has 0 bridgehead atoms. The van der Waals surface area contributed by atoms with Crippen molar-refractivity contribution < 1.29 is 18.0 Å². The van der Waals surface area contributed by atoms with Crippen LogP contribution in [0, 0.1) is 0 Å². The Morgan fingerprint density at radius 3 is 2.25 bits per heavy atom. The first-order valence-electron chi connectivity index (χ1n) is 9.58. The number of thioether (sulfide) groups is 1. The van der Waals surface area contributed by atoms with Crippen LogP contribution >= 0.6 is 11.8 Å². The van der Waals surface area contributed by atoms with Gasteiger partial charge >= 0.3 is 0 Å². The molecular formula is C19H27N3O4S2. The van der Waals surface area contributed by atoms with Crippen molar-refractivity contribution in [1.29, 1.82) is 0 Å². The Balaban J connectivity index is 1.53. The van der Waals surface area contributed by atoms with Gasteiger partial charge in [0.25, 0.3) is 5.24 Å². The smallest absolute Gasteiger partial charge is 0.281 e. The maximum atomic E-state index is 12.9. The minimum absolute atomic E-state index is 0.0250.